The molecule has 3 aliphatic rings. The predicted molar refractivity (Wildman–Crippen MR) is 164 cm³/mol. The van der Waals surface area contributed by atoms with Crippen molar-refractivity contribution in [3.63, 3.8) is 0 Å². The monoisotopic (exact) mass is 595 g/mol. The standard InChI is InChI=1S/C31H38FN5O4S/c1-34(2)19-21-3-5-22(6-4-21)28(38)11-12-29(39)36-15-13-35(14-16-36)27-10-9-24(17-26(27)32)37-20-25(41-31(37)40)18-33-30(42)23-7-8-23/h3-6,9-10,17,23,25H,7-8,11-16,18-20H2,1-2H3,(H,33,42)/t25-/m0/s1. The van der Waals surface area contributed by atoms with Gasteiger partial charge in [0.2, 0.25) is 5.91 Å². The third-order valence-corrected chi connectivity index (χ3v) is 8.36. The Morgan fingerprint density at radius 1 is 1.05 bits per heavy atom. The number of Topliss-reactive ketones (excluding diaryl/α,β-unsaturated/α-hetero) is 1. The van der Waals surface area contributed by atoms with Gasteiger partial charge in [0.05, 0.1) is 29.5 Å². The van der Waals surface area contributed by atoms with Crippen LogP contribution in [0.25, 0.3) is 0 Å². The number of thiocarbonyl (C=S) groups is 1. The highest BCUT2D eigenvalue weighted by atomic mass is 32.1. The normalized spacial score (nSPS) is 18.8. The minimum atomic E-state index is -0.502. The van der Waals surface area contributed by atoms with Crippen LogP contribution in [0, 0.1) is 11.7 Å². The molecule has 0 aromatic heterocycles. The molecule has 9 nitrogen and oxygen atoms in total. The third kappa shape index (κ3) is 7.43. The summed E-state index contributed by atoms with van der Waals surface area (Å²) in [5.74, 6) is -0.108. The van der Waals surface area contributed by atoms with Crippen molar-refractivity contribution in [2.24, 2.45) is 5.92 Å². The summed E-state index contributed by atoms with van der Waals surface area (Å²) in [6, 6.07) is 12.3. The lowest BCUT2D eigenvalue weighted by molar-refractivity contribution is -0.131. The summed E-state index contributed by atoms with van der Waals surface area (Å²) in [6.07, 6.45) is 1.66. The summed E-state index contributed by atoms with van der Waals surface area (Å²) < 4.78 is 20.7. The molecule has 224 valence electrons. The van der Waals surface area contributed by atoms with Crippen LogP contribution >= 0.6 is 12.2 Å². The summed E-state index contributed by atoms with van der Waals surface area (Å²) >= 11 is 5.34. The molecule has 2 saturated heterocycles. The molecule has 2 heterocycles. The third-order valence-electron chi connectivity index (χ3n) is 7.88. The molecule has 0 radical (unpaired) electrons. The van der Waals surface area contributed by atoms with Gasteiger partial charge in [0.1, 0.15) is 11.9 Å². The summed E-state index contributed by atoms with van der Waals surface area (Å²) in [5.41, 5.74) is 2.61. The van der Waals surface area contributed by atoms with Crippen LogP contribution in [0.15, 0.2) is 42.5 Å². The zero-order chi connectivity index (χ0) is 29.8. The molecule has 0 unspecified atom stereocenters. The Labute approximate surface area is 251 Å². The SMILES string of the molecule is CN(C)Cc1ccc(C(=O)CCC(=O)N2CCN(c3ccc(N4C[C@H](CNC(=S)C5CC5)OC4=O)cc3F)CC2)cc1. The summed E-state index contributed by atoms with van der Waals surface area (Å²) in [7, 11) is 3.98. The zero-order valence-corrected chi connectivity index (χ0v) is 25.0. The van der Waals surface area contributed by atoms with Gasteiger partial charge in [0.25, 0.3) is 0 Å². The lowest BCUT2D eigenvalue weighted by atomic mass is 10.0. The Hall–Kier alpha value is -3.57. The number of anilines is 2. The molecule has 2 aromatic rings. The number of hydrogen-bond donors (Lipinski definition) is 1. The quantitative estimate of drug-likeness (QED) is 0.310. The molecule has 1 aliphatic carbocycles. The molecule has 2 aromatic carbocycles. The lowest BCUT2D eigenvalue weighted by Gasteiger charge is -2.36. The van der Waals surface area contributed by atoms with Gasteiger partial charge >= 0.3 is 6.09 Å². The first-order valence-corrected chi connectivity index (χ1v) is 14.9. The number of nitrogens with zero attached hydrogens (tertiary/aromatic N) is 4. The Kier molecular flexibility index (Phi) is 9.37. The van der Waals surface area contributed by atoms with Crippen molar-refractivity contribution in [3.8, 4) is 0 Å². The molecule has 1 saturated carbocycles. The molecular weight excluding hydrogens is 557 g/mol. The molecule has 11 heteroatoms. The second-order valence-electron chi connectivity index (χ2n) is 11.5. The number of ether oxygens (including phenoxy) is 1. The van der Waals surface area contributed by atoms with Gasteiger partial charge in [-0.1, -0.05) is 36.5 Å². The van der Waals surface area contributed by atoms with Crippen molar-refractivity contribution in [3.05, 3.63) is 59.4 Å². The van der Waals surface area contributed by atoms with Crippen LogP contribution in [-0.4, -0.2) is 92.0 Å². The number of carbonyl (C=O) groups excluding carboxylic acids is 3. The lowest BCUT2D eigenvalue weighted by Crippen LogP contribution is -2.49. The van der Waals surface area contributed by atoms with Gasteiger partial charge in [-0.25, -0.2) is 9.18 Å². The zero-order valence-electron chi connectivity index (χ0n) is 24.2. The van der Waals surface area contributed by atoms with E-state index in [9.17, 15) is 14.4 Å². The Morgan fingerprint density at radius 2 is 1.76 bits per heavy atom. The predicted octanol–water partition coefficient (Wildman–Crippen LogP) is 3.85. The molecular formula is C31H38FN5O4S. The first-order valence-electron chi connectivity index (χ1n) is 14.5. The van der Waals surface area contributed by atoms with E-state index in [4.69, 9.17) is 17.0 Å². The highest BCUT2D eigenvalue weighted by Crippen LogP contribution is 2.31. The molecule has 0 bridgehead atoms. The maximum Gasteiger partial charge on any atom is 0.414 e. The van der Waals surface area contributed by atoms with Crippen molar-refractivity contribution in [2.45, 2.75) is 38.3 Å². The van der Waals surface area contributed by atoms with E-state index in [1.54, 1.807) is 17.0 Å². The highest BCUT2D eigenvalue weighted by molar-refractivity contribution is 7.80. The van der Waals surface area contributed by atoms with Crippen LogP contribution in [0.2, 0.25) is 0 Å². The molecule has 1 atom stereocenters. The van der Waals surface area contributed by atoms with Gasteiger partial charge < -0.3 is 24.8 Å². The van der Waals surface area contributed by atoms with E-state index in [0.29, 0.717) is 62.1 Å². The van der Waals surface area contributed by atoms with Crippen molar-refractivity contribution >= 4 is 46.4 Å². The molecule has 0 spiro atoms. The molecule has 5 rings (SSSR count). The number of ketones is 1. The molecule has 3 fully saturated rings. The first-order chi connectivity index (χ1) is 20.2. The van der Waals surface area contributed by atoms with Gasteiger partial charge in [-0.3, -0.25) is 14.5 Å². The van der Waals surface area contributed by atoms with E-state index in [1.807, 2.05) is 43.3 Å². The number of amides is 2. The number of benzene rings is 2. The van der Waals surface area contributed by atoms with Gasteiger partial charge in [0, 0.05) is 57.0 Å². The number of halogens is 1. The van der Waals surface area contributed by atoms with Crippen LogP contribution in [0.5, 0.6) is 0 Å². The Bertz CT molecular complexity index is 1330. The number of hydrogen-bond acceptors (Lipinski definition) is 7. The molecule has 1 N–H and O–H groups in total. The average Bonchev–Trinajstić information content (AvgIpc) is 3.76. The second kappa shape index (κ2) is 13.2. The Balaban J connectivity index is 1.08. The number of piperazine rings is 1. The Morgan fingerprint density at radius 3 is 2.40 bits per heavy atom. The maximum absolute atomic E-state index is 15.2. The van der Waals surface area contributed by atoms with Gasteiger partial charge in [-0.2, -0.15) is 0 Å². The molecule has 2 aliphatic heterocycles. The van der Waals surface area contributed by atoms with Crippen LogP contribution < -0.4 is 15.1 Å². The van der Waals surface area contributed by atoms with E-state index in [0.717, 1.165) is 29.9 Å². The van der Waals surface area contributed by atoms with E-state index >= 15 is 4.39 Å². The molecule has 42 heavy (non-hydrogen) atoms. The van der Waals surface area contributed by atoms with Gasteiger partial charge in [-0.15, -0.1) is 0 Å². The van der Waals surface area contributed by atoms with E-state index in [1.165, 1.54) is 11.0 Å². The van der Waals surface area contributed by atoms with Crippen molar-refractivity contribution in [1.29, 1.82) is 0 Å². The maximum atomic E-state index is 15.2. The van der Waals surface area contributed by atoms with Crippen molar-refractivity contribution in [2.75, 3.05) is 63.2 Å². The number of nitrogens with one attached hydrogen (secondary N) is 1. The number of rotatable bonds is 11. The summed E-state index contributed by atoms with van der Waals surface area (Å²) in [5, 5.41) is 3.18. The van der Waals surface area contributed by atoms with Crippen LogP contribution in [0.4, 0.5) is 20.6 Å². The minimum absolute atomic E-state index is 0.0493. The largest absolute Gasteiger partial charge is 0.442 e. The fourth-order valence-corrected chi connectivity index (χ4v) is 5.66. The second-order valence-corrected chi connectivity index (χ2v) is 11.9. The van der Waals surface area contributed by atoms with Crippen LogP contribution in [-0.2, 0) is 16.1 Å². The van der Waals surface area contributed by atoms with Crippen LogP contribution in [0.3, 0.4) is 0 Å². The first kappa shape index (κ1) is 29.9. The van der Waals surface area contributed by atoms with Gasteiger partial charge in [0.15, 0.2) is 5.78 Å². The van der Waals surface area contributed by atoms with Crippen molar-refractivity contribution in [1.82, 2.24) is 15.1 Å². The minimum Gasteiger partial charge on any atom is -0.442 e. The molecule has 2 amide bonds. The highest BCUT2D eigenvalue weighted by Gasteiger charge is 2.34. The van der Waals surface area contributed by atoms with Crippen molar-refractivity contribution < 1.29 is 23.5 Å². The average molecular weight is 596 g/mol. The fourth-order valence-electron chi connectivity index (χ4n) is 5.34. The van der Waals surface area contributed by atoms with E-state index in [2.05, 4.69) is 10.2 Å². The van der Waals surface area contributed by atoms with E-state index in [-0.39, 0.29) is 30.6 Å². The topological polar surface area (TPSA) is 85.4 Å². The smallest absolute Gasteiger partial charge is 0.414 e. The number of carbonyl (C=O) groups is 3. The number of cyclic esters (lactones) is 1. The summed E-state index contributed by atoms with van der Waals surface area (Å²) in [4.78, 5) is 45.8. The van der Waals surface area contributed by atoms with Gasteiger partial charge in [-0.05, 0) is 50.7 Å². The summed E-state index contributed by atoms with van der Waals surface area (Å²) in [6.45, 7) is 3.41. The van der Waals surface area contributed by atoms with E-state index < -0.39 is 11.9 Å². The fraction of sp³-hybridized carbons (Fsp3) is 0.484. The van der Waals surface area contributed by atoms with Crippen LogP contribution in [0.1, 0.15) is 41.6 Å².